The van der Waals surface area contributed by atoms with Crippen LogP contribution in [0.3, 0.4) is 0 Å². The van der Waals surface area contributed by atoms with E-state index < -0.39 is 0 Å². The van der Waals surface area contributed by atoms with Gasteiger partial charge in [-0.05, 0) is 80.3 Å². The largest absolute Gasteiger partial charge is 0.494 e. The number of amides is 3. The molecule has 0 radical (unpaired) electrons. The number of rotatable bonds is 13. The lowest BCUT2D eigenvalue weighted by atomic mass is 9.90. The first-order valence-corrected chi connectivity index (χ1v) is 16.6. The van der Waals surface area contributed by atoms with E-state index in [4.69, 9.17) is 14.7 Å². The molecular formula is C36H46N4O7. The molecule has 11 nitrogen and oxygen atoms in total. The maximum Gasteiger partial charge on any atom is 0.306 e. The van der Waals surface area contributed by atoms with Gasteiger partial charge in [-0.1, -0.05) is 55.7 Å². The quantitative estimate of drug-likeness (QED) is 0.0641. The molecule has 0 bridgehead atoms. The molecule has 2 aliphatic rings. The Hall–Kier alpha value is -4.51. The highest BCUT2D eigenvalue weighted by molar-refractivity contribution is 5.95. The molecule has 2 aromatic carbocycles. The SMILES string of the molecule is O=C(CCCCCCOc1cccc(C(=O)N/N=C/c2cccc(CN3C(=O)CC/C=C/CCC(=O)O[C@@H]4CCCC[C@H]43)c2)c1)NO. The fourth-order valence-corrected chi connectivity index (χ4v) is 5.89. The van der Waals surface area contributed by atoms with E-state index in [-0.39, 0.29) is 35.8 Å². The first-order valence-electron chi connectivity index (χ1n) is 16.6. The zero-order valence-electron chi connectivity index (χ0n) is 26.9. The van der Waals surface area contributed by atoms with Gasteiger partial charge in [0.15, 0.2) is 0 Å². The van der Waals surface area contributed by atoms with Crippen LogP contribution in [0.15, 0.2) is 65.8 Å². The smallest absolute Gasteiger partial charge is 0.306 e. The van der Waals surface area contributed by atoms with Crippen molar-refractivity contribution >= 4 is 29.9 Å². The molecule has 252 valence electrons. The summed E-state index contributed by atoms with van der Waals surface area (Å²) in [5.74, 6) is -0.341. The van der Waals surface area contributed by atoms with E-state index in [1.165, 1.54) is 0 Å². The molecule has 4 rings (SSSR count). The van der Waals surface area contributed by atoms with Crippen molar-refractivity contribution in [2.75, 3.05) is 6.61 Å². The predicted molar refractivity (Wildman–Crippen MR) is 177 cm³/mol. The van der Waals surface area contributed by atoms with E-state index in [2.05, 4.69) is 10.5 Å². The average Bonchev–Trinajstić information content (AvgIpc) is 3.08. The van der Waals surface area contributed by atoms with Crippen molar-refractivity contribution in [3.8, 4) is 5.75 Å². The molecule has 47 heavy (non-hydrogen) atoms. The number of carbonyl (C=O) groups is 4. The summed E-state index contributed by atoms with van der Waals surface area (Å²) in [4.78, 5) is 51.7. The first-order chi connectivity index (χ1) is 22.9. The van der Waals surface area contributed by atoms with Crippen LogP contribution in [-0.4, -0.2) is 58.8 Å². The number of allylic oxidation sites excluding steroid dienone is 2. The number of carbonyl (C=O) groups excluding carboxylic acids is 4. The van der Waals surface area contributed by atoms with E-state index in [1.807, 2.05) is 41.3 Å². The van der Waals surface area contributed by atoms with Crippen LogP contribution in [0.5, 0.6) is 5.75 Å². The van der Waals surface area contributed by atoms with Crippen LogP contribution in [0.2, 0.25) is 0 Å². The van der Waals surface area contributed by atoms with Crippen molar-refractivity contribution in [3.05, 3.63) is 77.4 Å². The van der Waals surface area contributed by atoms with Gasteiger partial charge < -0.3 is 14.4 Å². The molecule has 1 saturated carbocycles. The Morgan fingerprint density at radius 2 is 1.77 bits per heavy atom. The fraction of sp³-hybridized carbons (Fsp3) is 0.472. The van der Waals surface area contributed by atoms with E-state index in [9.17, 15) is 19.2 Å². The van der Waals surface area contributed by atoms with Crippen LogP contribution in [0.1, 0.15) is 105 Å². The Bertz CT molecular complexity index is 1410. The number of esters is 1. The normalized spacial score (nSPS) is 19.6. The van der Waals surface area contributed by atoms with Gasteiger partial charge in [0.2, 0.25) is 11.8 Å². The summed E-state index contributed by atoms with van der Waals surface area (Å²) in [5.41, 5.74) is 6.31. The number of benzene rings is 2. The highest BCUT2D eigenvalue weighted by Gasteiger charge is 2.35. The van der Waals surface area contributed by atoms with Crippen LogP contribution in [0.25, 0.3) is 0 Å². The summed E-state index contributed by atoms with van der Waals surface area (Å²) in [7, 11) is 0. The summed E-state index contributed by atoms with van der Waals surface area (Å²) in [5, 5.41) is 12.7. The highest BCUT2D eigenvalue weighted by Crippen LogP contribution is 2.29. The Kier molecular flexibility index (Phi) is 14.5. The number of nitrogens with zero attached hydrogens (tertiary/aromatic N) is 2. The van der Waals surface area contributed by atoms with Crippen molar-refractivity contribution in [2.45, 2.75) is 102 Å². The first kappa shape index (κ1) is 35.3. The third-order valence-electron chi connectivity index (χ3n) is 8.35. The van der Waals surface area contributed by atoms with Crippen molar-refractivity contribution < 1.29 is 33.9 Å². The van der Waals surface area contributed by atoms with Gasteiger partial charge in [-0.2, -0.15) is 5.10 Å². The third kappa shape index (κ3) is 12.0. The molecule has 1 fully saturated rings. The zero-order valence-corrected chi connectivity index (χ0v) is 26.9. The molecule has 1 aliphatic heterocycles. The average molecular weight is 647 g/mol. The molecule has 3 amide bonds. The topological polar surface area (TPSA) is 147 Å². The van der Waals surface area contributed by atoms with Gasteiger partial charge in [0.1, 0.15) is 11.9 Å². The molecule has 0 saturated heterocycles. The minimum atomic E-state index is -0.381. The standard InChI is InChI=1S/C36H46N4O7/c41-33(39-45)19-5-3-4-10-22-46-30-16-12-15-29(24-30)36(44)38-37-25-27-13-11-14-28(23-27)26-40-31-17-8-9-18-32(31)47-35(43)21-7-2-1-6-20-34(40)42/h1-2,11-16,23-25,31-32,45H,3-10,17-22,26H2,(H,38,44)(H,39,41)/b2-1+,37-25+/t31-,32-/m1/s1. The minimum Gasteiger partial charge on any atom is -0.494 e. The number of unbranched alkanes of at least 4 members (excludes halogenated alkanes) is 3. The summed E-state index contributed by atoms with van der Waals surface area (Å²) < 4.78 is 11.7. The fourth-order valence-electron chi connectivity index (χ4n) is 5.89. The van der Waals surface area contributed by atoms with Gasteiger partial charge in [0.05, 0.1) is 18.9 Å². The number of ether oxygens (including phenoxy) is 2. The molecule has 2 atom stereocenters. The lowest BCUT2D eigenvalue weighted by molar-refractivity contribution is -0.159. The van der Waals surface area contributed by atoms with E-state index in [0.29, 0.717) is 63.0 Å². The number of hydrogen-bond donors (Lipinski definition) is 3. The zero-order chi connectivity index (χ0) is 33.3. The molecule has 0 unspecified atom stereocenters. The Morgan fingerprint density at radius 3 is 2.62 bits per heavy atom. The minimum absolute atomic E-state index is 0.0467. The molecule has 0 spiro atoms. The third-order valence-corrected chi connectivity index (χ3v) is 8.35. The van der Waals surface area contributed by atoms with Gasteiger partial charge in [0.25, 0.3) is 5.91 Å². The highest BCUT2D eigenvalue weighted by atomic mass is 16.5. The Labute approximate surface area is 276 Å². The van der Waals surface area contributed by atoms with Gasteiger partial charge >= 0.3 is 5.97 Å². The summed E-state index contributed by atoms with van der Waals surface area (Å²) in [6.45, 7) is 0.876. The Morgan fingerprint density at radius 1 is 0.979 bits per heavy atom. The lowest BCUT2D eigenvalue weighted by Gasteiger charge is -2.39. The van der Waals surface area contributed by atoms with E-state index in [1.54, 1.807) is 36.0 Å². The summed E-state index contributed by atoms with van der Waals surface area (Å²) in [6.07, 6.45) is 14.2. The van der Waals surface area contributed by atoms with Crippen molar-refractivity contribution in [3.63, 3.8) is 0 Å². The number of hydrogen-bond acceptors (Lipinski definition) is 8. The molecule has 0 aromatic heterocycles. The molecule has 1 heterocycles. The van der Waals surface area contributed by atoms with Crippen molar-refractivity contribution in [1.82, 2.24) is 15.8 Å². The molecule has 11 heteroatoms. The van der Waals surface area contributed by atoms with Crippen molar-refractivity contribution in [2.24, 2.45) is 5.10 Å². The van der Waals surface area contributed by atoms with Gasteiger partial charge in [-0.3, -0.25) is 24.4 Å². The monoisotopic (exact) mass is 646 g/mol. The second kappa shape index (κ2) is 19.2. The van der Waals surface area contributed by atoms with Gasteiger partial charge in [-0.25, -0.2) is 10.9 Å². The van der Waals surface area contributed by atoms with Crippen LogP contribution in [0, 0.1) is 0 Å². The molecule has 1 aliphatic carbocycles. The molecule has 3 N–H and O–H groups in total. The van der Waals surface area contributed by atoms with Crippen LogP contribution < -0.4 is 15.6 Å². The Balaban J connectivity index is 1.31. The maximum atomic E-state index is 13.5. The van der Waals surface area contributed by atoms with E-state index in [0.717, 1.165) is 56.1 Å². The second-order valence-corrected chi connectivity index (χ2v) is 12.0. The second-order valence-electron chi connectivity index (χ2n) is 12.0. The summed E-state index contributed by atoms with van der Waals surface area (Å²) >= 11 is 0. The van der Waals surface area contributed by atoms with Crippen LogP contribution in [0.4, 0.5) is 0 Å². The molecular weight excluding hydrogens is 600 g/mol. The van der Waals surface area contributed by atoms with Gasteiger partial charge in [0, 0.05) is 31.4 Å². The van der Waals surface area contributed by atoms with Crippen LogP contribution in [-0.2, 0) is 25.7 Å². The number of hydrazone groups is 1. The maximum absolute atomic E-state index is 13.5. The van der Waals surface area contributed by atoms with E-state index >= 15 is 0 Å². The van der Waals surface area contributed by atoms with Crippen LogP contribution >= 0.6 is 0 Å². The summed E-state index contributed by atoms with van der Waals surface area (Å²) in [6, 6.07) is 14.4. The number of hydroxylamine groups is 1. The predicted octanol–water partition coefficient (Wildman–Crippen LogP) is 5.60. The molecule has 2 aromatic rings. The lowest BCUT2D eigenvalue weighted by Crippen LogP contribution is -2.49. The number of nitrogens with one attached hydrogen (secondary N) is 2. The number of fused-ring (bicyclic) bond motifs is 1. The van der Waals surface area contributed by atoms with Gasteiger partial charge in [-0.15, -0.1) is 0 Å². The van der Waals surface area contributed by atoms with Crippen molar-refractivity contribution in [1.29, 1.82) is 0 Å².